The van der Waals surface area contributed by atoms with Crippen LogP contribution in [0.15, 0.2) is 124 Å². The molecule has 0 radical (unpaired) electrons. The Morgan fingerprint density at radius 2 is 0.702 bits per heavy atom. The van der Waals surface area contributed by atoms with Crippen LogP contribution in [0.2, 0.25) is 15.1 Å². The van der Waals surface area contributed by atoms with Crippen molar-refractivity contribution in [3.05, 3.63) is 170 Å². The van der Waals surface area contributed by atoms with Crippen molar-refractivity contribution in [2.24, 2.45) is 0 Å². The third-order valence-electron chi connectivity index (χ3n) is 16.6. The molecule has 3 aromatic carbocycles. The number of halogens is 3. The summed E-state index contributed by atoms with van der Waals surface area (Å²) >= 11 is 33.0. The fourth-order valence-corrected chi connectivity index (χ4v) is 15.5. The van der Waals surface area contributed by atoms with E-state index >= 15 is 0 Å². The molecule has 36 nitrogen and oxygen atoms in total. The van der Waals surface area contributed by atoms with Crippen molar-refractivity contribution in [2.45, 2.75) is 191 Å². The quantitative estimate of drug-likeness (QED) is 0.00573. The van der Waals surface area contributed by atoms with Crippen LogP contribution < -0.4 is 45.5 Å². The molecule has 3 aliphatic heterocycles. The first kappa shape index (κ1) is 85.6. The average Bonchev–Trinajstić information content (AvgIpc) is 1.60. The van der Waals surface area contributed by atoms with E-state index in [0.29, 0.717) is 34.3 Å². The van der Waals surface area contributed by atoms with E-state index in [9.17, 15) is 73.1 Å². The van der Waals surface area contributed by atoms with Crippen LogP contribution in [0.3, 0.4) is 0 Å². The van der Waals surface area contributed by atoms with E-state index in [4.69, 9.17) is 135 Å². The second-order valence-electron chi connectivity index (χ2n) is 26.2. The molecule has 114 heavy (non-hydrogen) atoms. The van der Waals surface area contributed by atoms with Crippen molar-refractivity contribution in [3.63, 3.8) is 0 Å². The van der Waals surface area contributed by atoms with Crippen LogP contribution in [0.4, 0.5) is 0 Å². The lowest BCUT2D eigenvalue weighted by atomic mass is 9.96. The molecule has 0 spiro atoms. The van der Waals surface area contributed by atoms with Crippen LogP contribution in [-0.4, -0.2) is 188 Å². The van der Waals surface area contributed by atoms with Crippen molar-refractivity contribution in [3.8, 4) is 17.2 Å². The Balaban J connectivity index is 0.000000248. The molecule has 3 aliphatic rings. The first-order valence-corrected chi connectivity index (χ1v) is 42.0. The third kappa shape index (κ3) is 26.4. The molecule has 6 heterocycles. The number of rotatable bonds is 36. The van der Waals surface area contributed by atoms with Crippen molar-refractivity contribution in [2.75, 3.05) is 39.5 Å². The van der Waals surface area contributed by atoms with Crippen LogP contribution in [0.5, 0.6) is 17.2 Å². The van der Waals surface area contributed by atoms with Gasteiger partial charge in [-0.15, -0.1) is 0 Å². The number of H-pyrrole nitrogens is 3. The van der Waals surface area contributed by atoms with Gasteiger partial charge in [-0.3, -0.25) is 71.0 Å². The highest BCUT2D eigenvalue weighted by Crippen LogP contribution is 2.51. The fraction of sp³-hybridized carbons (Fsp3) is 0.522. The van der Waals surface area contributed by atoms with Gasteiger partial charge >= 0.3 is 41.1 Å². The molecule has 3 saturated heterocycles. The zero-order valence-electron chi connectivity index (χ0n) is 68.5. The number of benzene rings is 3. The Kier molecular flexibility index (Phi) is 31.8. The van der Waals surface area contributed by atoms with E-state index in [-0.39, 0.29) is 51.4 Å². The summed E-state index contributed by atoms with van der Waals surface area (Å²) < 4.78 is 161. The normalized spacial score (nSPS) is 26.6. The number of aliphatic hydroxyl groups excluding tert-OH is 3. The maximum Gasteiger partial charge on any atom is 0.459 e. The Labute approximate surface area is 693 Å². The van der Waals surface area contributed by atoms with Crippen molar-refractivity contribution < 1.29 is 123 Å². The van der Waals surface area contributed by atoms with Crippen molar-refractivity contribution in [1.29, 1.82) is 0 Å². The largest absolute Gasteiger partial charge is 0.465 e. The van der Waals surface area contributed by atoms with E-state index in [2.05, 4.69) is 30.2 Å². The van der Waals surface area contributed by atoms with Crippen LogP contribution in [0, 0.1) is 14.3 Å². The molecule has 0 amide bonds. The number of aromatic amines is 3. The number of aliphatic hydroxyl groups is 6. The summed E-state index contributed by atoms with van der Waals surface area (Å²) in [4.78, 5) is 79.1. The minimum Gasteiger partial charge on any atom is -0.465 e. The molecule has 630 valence electrons. The predicted octanol–water partition coefficient (Wildman–Crippen LogP) is 9.28. The molecule has 0 bridgehead atoms. The van der Waals surface area contributed by atoms with Crippen molar-refractivity contribution in [1.82, 2.24) is 43.9 Å². The Bertz CT molecular complexity index is 4560. The highest BCUT2D eigenvalue weighted by atomic mass is 35.5. The first-order chi connectivity index (χ1) is 55.8. The summed E-state index contributed by atoms with van der Waals surface area (Å²) in [7, 11) is -14.3. The number of esters is 3. The van der Waals surface area contributed by atoms with Crippen LogP contribution in [-0.2, 0) is 70.1 Å². The minimum atomic E-state index is -4.77. The van der Waals surface area contributed by atoms with Gasteiger partial charge in [-0.1, -0.05) is 74.8 Å². The number of nitrogens with zero attached hydrogens (tertiary/aromatic N) is 3. The summed E-state index contributed by atoms with van der Waals surface area (Å²) in [6.45, 7) is 4.29. The Morgan fingerprint density at radius 3 is 0.912 bits per heavy atom. The van der Waals surface area contributed by atoms with Crippen LogP contribution in [0.1, 0.15) is 128 Å². The monoisotopic (exact) mass is 1780 g/mol. The number of hydrogen-bond acceptors (Lipinski definition) is 30. The second-order valence-corrected chi connectivity index (χ2v) is 33.5. The van der Waals surface area contributed by atoms with E-state index in [1.54, 1.807) is 0 Å². The molecule has 18 atom stereocenters. The summed E-state index contributed by atoms with van der Waals surface area (Å²) in [5.74, 6) is -2.49. The molecule has 12 N–H and O–H groups in total. The molecule has 3 fully saturated rings. The number of unbranched alkanes of at least 4 members (excludes halogenated alkanes) is 3. The Morgan fingerprint density at radius 1 is 0.474 bits per heavy atom. The van der Waals surface area contributed by atoms with E-state index in [1.807, 2.05) is 20.8 Å². The van der Waals surface area contributed by atoms with Crippen LogP contribution in [0.25, 0.3) is 0 Å². The second kappa shape index (κ2) is 42.4. The molecule has 6 aromatic rings. The standard InChI is InChI=1S/3C23H31ClN3O9PS/c3*1-4-5-12-33-20(30)14(2)26-37(32,36-16-8-6-15(24)7-9-16)34-13-17-19(29)23(3,31)21(35-17)27-11-10-18(28)25-22(27)38/h3*6-11,14,17,19,21,29,31H,4-5,12-13H2,1-3H3,(H,26,32)(H,25,28,38)/t14-,17+,19-,21+,23?,37?;14-,17+,19-,21+,23?,37+;14-,17+,19-,21+,23?,37-/m000/s1/i3*13D2. The lowest BCUT2D eigenvalue weighted by Crippen LogP contribution is -2.45. The van der Waals surface area contributed by atoms with E-state index < -0.39 is 168 Å². The summed E-state index contributed by atoms with van der Waals surface area (Å²) in [5.41, 5.74) is -8.02. The van der Waals surface area contributed by atoms with Gasteiger partial charge in [-0.05, 0) is 170 Å². The van der Waals surface area contributed by atoms with Gasteiger partial charge in [0.2, 0.25) is 0 Å². The number of ether oxygens (including phenoxy) is 6. The number of carbonyl (C=O) groups is 3. The maximum atomic E-state index is 13.9. The van der Waals surface area contributed by atoms with Gasteiger partial charge in [-0.2, -0.15) is 15.3 Å². The number of carbonyl (C=O) groups excluding carboxylic acids is 3. The summed E-state index contributed by atoms with van der Waals surface area (Å²) in [6.07, 6.45) is -8.37. The van der Waals surface area contributed by atoms with Gasteiger partial charge in [0, 0.05) is 51.9 Å². The van der Waals surface area contributed by atoms with Gasteiger partial charge in [0.05, 0.1) is 47.7 Å². The Hall–Kier alpha value is -6.27. The molecular formula is C69H93Cl3N9O27P3S3. The maximum absolute atomic E-state index is 13.9. The van der Waals surface area contributed by atoms with Gasteiger partial charge < -0.3 is 72.6 Å². The average molecular weight is 1780 g/mol. The van der Waals surface area contributed by atoms with E-state index in [1.165, 1.54) is 133 Å². The molecule has 0 aliphatic carbocycles. The molecular weight excluding hydrogens is 1680 g/mol. The number of nitrogens with one attached hydrogen (secondary N) is 6. The van der Waals surface area contributed by atoms with Gasteiger partial charge in [-0.25, -0.2) is 13.7 Å². The van der Waals surface area contributed by atoms with E-state index in [0.717, 1.165) is 51.2 Å². The number of hydrogen-bond donors (Lipinski definition) is 12. The highest BCUT2D eigenvalue weighted by Gasteiger charge is 2.57. The predicted molar refractivity (Wildman–Crippen MR) is 422 cm³/mol. The molecule has 3 aromatic heterocycles. The highest BCUT2D eigenvalue weighted by molar-refractivity contribution is 7.71. The zero-order chi connectivity index (χ0) is 89.6. The minimum absolute atomic E-state index is 0.0418. The summed E-state index contributed by atoms with van der Waals surface area (Å²) in [6, 6.07) is 16.1. The lowest BCUT2D eigenvalue weighted by Gasteiger charge is -2.28. The molecule has 9 rings (SSSR count). The van der Waals surface area contributed by atoms with Gasteiger partial charge in [0.25, 0.3) is 16.7 Å². The number of aromatic nitrogens is 6. The molecule has 0 saturated carbocycles. The topological polar surface area (TPSA) is 484 Å². The fourth-order valence-electron chi connectivity index (χ4n) is 10.2. The zero-order valence-corrected chi connectivity index (χ0v) is 69.9. The smallest absolute Gasteiger partial charge is 0.459 e. The van der Waals surface area contributed by atoms with Gasteiger partial charge in [0.1, 0.15) is 88.8 Å². The van der Waals surface area contributed by atoms with Crippen molar-refractivity contribution >= 4 is 113 Å². The third-order valence-corrected chi connectivity index (χ3v) is 22.8. The van der Waals surface area contributed by atoms with Gasteiger partial charge in [0.15, 0.2) is 33.0 Å². The summed E-state index contributed by atoms with van der Waals surface area (Å²) in [5, 5.41) is 73.9. The lowest BCUT2D eigenvalue weighted by molar-refractivity contribution is -0.146. The molecule has 4 unspecified atom stereocenters. The molecule has 45 heteroatoms. The van der Waals surface area contributed by atoms with Crippen LogP contribution >= 0.6 is 94.7 Å². The first-order valence-electron chi connectivity index (χ1n) is 38.0. The SMILES string of the molecule is [2H]C([2H])(OP(=O)(N[C@@H](C)C(=O)OCCCC)Oc1ccc(Cl)cc1)[C@H]1O[C@@H](n2ccc(=O)[nH]c2=S)C(C)(O)[C@H]1O.[2H]C([2H])(O[P@@](=O)(N[C@@H](C)C(=O)OCCCC)Oc1ccc(Cl)cc1)[C@H]1O[C@@H](n2ccc(=O)[nH]c2=S)C(C)(O)[C@H]1O.[2H]C([2H])(O[P@](=O)(N[C@@H](C)C(=O)OCCCC)Oc1ccc(Cl)cc1)[C@H]1O[C@@H](n2ccc(=O)[nH]c2=S)C(C)(O)[C@H]1O.